The molecule has 0 aliphatic rings. The van der Waals surface area contributed by atoms with Crippen LogP contribution < -0.4 is 5.73 Å². The lowest BCUT2D eigenvalue weighted by atomic mass is 10.0. The zero-order valence-corrected chi connectivity index (χ0v) is 22.9. The standard InChI is InChI=1S/C16H35N.C10H23O4P/c1-2-3-4-5-6-7-8-9-10-11-12-13-14-15-16-17;1-3-5-7-8-10-14-15(11,12)13-9-6-4-2/h2-17H2,1H3;3-10H2,1-2H3,(H,11,12). The van der Waals surface area contributed by atoms with Crippen LogP contribution in [-0.4, -0.2) is 24.7 Å². The van der Waals surface area contributed by atoms with Crippen LogP contribution in [0, 0.1) is 0 Å². The van der Waals surface area contributed by atoms with E-state index in [1.165, 1.54) is 89.9 Å². The highest BCUT2D eigenvalue weighted by molar-refractivity contribution is 7.47. The molecule has 0 aromatic heterocycles. The van der Waals surface area contributed by atoms with Crippen LogP contribution >= 0.6 is 7.82 Å². The molecule has 0 spiro atoms. The summed E-state index contributed by atoms with van der Waals surface area (Å²) in [6, 6.07) is 0. The Morgan fingerprint density at radius 2 is 0.844 bits per heavy atom. The van der Waals surface area contributed by atoms with Crippen LogP contribution in [0.3, 0.4) is 0 Å². The third kappa shape index (κ3) is 32.3. The van der Waals surface area contributed by atoms with Gasteiger partial charge in [0.1, 0.15) is 0 Å². The van der Waals surface area contributed by atoms with Gasteiger partial charge in [-0.3, -0.25) is 9.05 Å². The molecule has 0 heterocycles. The van der Waals surface area contributed by atoms with Gasteiger partial charge in [0.25, 0.3) is 0 Å². The molecular weight excluding hydrogens is 421 g/mol. The number of rotatable bonds is 24. The molecule has 0 amide bonds. The number of hydrogen-bond acceptors (Lipinski definition) is 4. The summed E-state index contributed by atoms with van der Waals surface area (Å²) in [6.45, 7) is 7.87. The molecule has 6 heteroatoms. The smallest absolute Gasteiger partial charge is 0.330 e. The highest BCUT2D eigenvalue weighted by Gasteiger charge is 2.19. The van der Waals surface area contributed by atoms with E-state index < -0.39 is 7.82 Å². The molecule has 0 aromatic carbocycles. The van der Waals surface area contributed by atoms with Crippen LogP contribution in [-0.2, 0) is 13.6 Å². The molecule has 0 bridgehead atoms. The molecule has 0 saturated carbocycles. The second-order valence-electron chi connectivity index (χ2n) is 8.93. The van der Waals surface area contributed by atoms with E-state index in [2.05, 4.69) is 13.8 Å². The zero-order valence-electron chi connectivity index (χ0n) is 22.0. The Morgan fingerprint density at radius 3 is 1.22 bits per heavy atom. The second-order valence-corrected chi connectivity index (χ2v) is 10.4. The predicted octanol–water partition coefficient (Wildman–Crippen LogP) is 8.93. The third-order valence-corrected chi connectivity index (χ3v) is 6.58. The Morgan fingerprint density at radius 1 is 0.531 bits per heavy atom. The summed E-state index contributed by atoms with van der Waals surface area (Å²) in [6.07, 6.45) is 25.7. The minimum atomic E-state index is -3.77. The fourth-order valence-corrected chi connectivity index (χ4v) is 4.20. The van der Waals surface area contributed by atoms with Crippen molar-refractivity contribution in [2.45, 2.75) is 149 Å². The van der Waals surface area contributed by atoms with Gasteiger partial charge in [-0.15, -0.1) is 0 Å². The average molecular weight is 480 g/mol. The van der Waals surface area contributed by atoms with Gasteiger partial charge in [0.15, 0.2) is 0 Å². The molecule has 1 unspecified atom stereocenters. The first-order valence-electron chi connectivity index (χ1n) is 13.9. The van der Waals surface area contributed by atoms with Crippen LogP contribution in [0.25, 0.3) is 0 Å². The number of phosphoric acid groups is 1. The van der Waals surface area contributed by atoms with Crippen molar-refractivity contribution in [3.8, 4) is 0 Å². The summed E-state index contributed by atoms with van der Waals surface area (Å²) < 4.78 is 20.8. The van der Waals surface area contributed by atoms with Crippen molar-refractivity contribution in [3.63, 3.8) is 0 Å². The maximum absolute atomic E-state index is 11.2. The summed E-state index contributed by atoms with van der Waals surface area (Å²) in [5.74, 6) is 0. The van der Waals surface area contributed by atoms with Gasteiger partial charge < -0.3 is 10.6 Å². The summed E-state index contributed by atoms with van der Waals surface area (Å²) in [5.41, 5.74) is 5.47. The van der Waals surface area contributed by atoms with Crippen LogP contribution in [0.5, 0.6) is 0 Å². The Hall–Kier alpha value is 0.0700. The molecule has 196 valence electrons. The van der Waals surface area contributed by atoms with Crippen molar-refractivity contribution < 1.29 is 18.5 Å². The van der Waals surface area contributed by atoms with Crippen molar-refractivity contribution in [1.29, 1.82) is 0 Å². The highest BCUT2D eigenvalue weighted by Crippen LogP contribution is 2.43. The van der Waals surface area contributed by atoms with Crippen LogP contribution in [0.1, 0.15) is 149 Å². The number of hydrogen-bond donors (Lipinski definition) is 2. The van der Waals surface area contributed by atoms with Gasteiger partial charge in [-0.05, 0) is 25.8 Å². The number of nitrogens with two attached hydrogens (primary N) is 1. The van der Waals surface area contributed by atoms with Crippen LogP contribution in [0.4, 0.5) is 0 Å². The van der Waals surface area contributed by atoms with Crippen molar-refractivity contribution in [1.82, 2.24) is 0 Å². The maximum Gasteiger partial charge on any atom is 0.472 e. The second kappa shape index (κ2) is 29.1. The van der Waals surface area contributed by atoms with E-state index in [1.807, 2.05) is 6.92 Å². The highest BCUT2D eigenvalue weighted by atomic mass is 31.2. The van der Waals surface area contributed by atoms with E-state index in [9.17, 15) is 9.46 Å². The summed E-state index contributed by atoms with van der Waals surface area (Å²) in [4.78, 5) is 9.21. The van der Waals surface area contributed by atoms with Gasteiger partial charge in [-0.1, -0.05) is 130 Å². The molecule has 0 aromatic rings. The van der Waals surface area contributed by atoms with Gasteiger partial charge in [0.05, 0.1) is 13.2 Å². The van der Waals surface area contributed by atoms with E-state index in [4.69, 9.17) is 14.8 Å². The van der Waals surface area contributed by atoms with Gasteiger partial charge in [0, 0.05) is 0 Å². The zero-order chi connectivity index (χ0) is 24.2. The van der Waals surface area contributed by atoms with Gasteiger partial charge in [-0.2, -0.15) is 0 Å². The minimum Gasteiger partial charge on any atom is -0.330 e. The third-order valence-electron chi connectivity index (χ3n) is 5.56. The van der Waals surface area contributed by atoms with E-state index in [1.54, 1.807) is 0 Å². The van der Waals surface area contributed by atoms with Crippen molar-refractivity contribution in [2.75, 3.05) is 19.8 Å². The predicted molar refractivity (Wildman–Crippen MR) is 140 cm³/mol. The Balaban J connectivity index is 0. The fourth-order valence-electron chi connectivity index (χ4n) is 3.41. The van der Waals surface area contributed by atoms with E-state index in [0.29, 0.717) is 13.2 Å². The first kappa shape index (κ1) is 34.2. The van der Waals surface area contributed by atoms with E-state index in [-0.39, 0.29) is 0 Å². The van der Waals surface area contributed by atoms with Gasteiger partial charge in [0.2, 0.25) is 0 Å². The molecule has 0 rings (SSSR count). The van der Waals surface area contributed by atoms with Crippen molar-refractivity contribution in [2.24, 2.45) is 5.73 Å². The first-order chi connectivity index (χ1) is 15.5. The van der Waals surface area contributed by atoms with Crippen LogP contribution in [0.2, 0.25) is 0 Å². The van der Waals surface area contributed by atoms with E-state index in [0.717, 1.165) is 45.1 Å². The van der Waals surface area contributed by atoms with Crippen molar-refractivity contribution >= 4 is 7.82 Å². The lowest BCUT2D eigenvalue weighted by Crippen LogP contribution is -1.98. The monoisotopic (exact) mass is 479 g/mol. The van der Waals surface area contributed by atoms with E-state index >= 15 is 0 Å². The van der Waals surface area contributed by atoms with Crippen molar-refractivity contribution in [3.05, 3.63) is 0 Å². The fraction of sp³-hybridized carbons (Fsp3) is 1.00. The number of phosphoric ester groups is 1. The Labute approximate surface area is 201 Å². The minimum absolute atomic E-state index is 0.291. The Kier molecular flexibility index (Phi) is 31.1. The lowest BCUT2D eigenvalue weighted by Gasteiger charge is -2.11. The van der Waals surface area contributed by atoms with Gasteiger partial charge in [-0.25, -0.2) is 4.57 Å². The van der Waals surface area contributed by atoms with Gasteiger partial charge >= 0.3 is 7.82 Å². The van der Waals surface area contributed by atoms with Crippen LogP contribution in [0.15, 0.2) is 0 Å². The lowest BCUT2D eigenvalue weighted by molar-refractivity contribution is 0.146. The quantitative estimate of drug-likeness (QED) is 0.107. The molecule has 3 N–H and O–H groups in total. The molecule has 0 radical (unpaired) electrons. The molecule has 5 nitrogen and oxygen atoms in total. The molecule has 0 saturated heterocycles. The summed E-state index contributed by atoms with van der Waals surface area (Å²) in [7, 11) is -3.77. The molecule has 1 atom stereocenters. The largest absolute Gasteiger partial charge is 0.472 e. The molecule has 0 fully saturated rings. The molecule has 0 aliphatic heterocycles. The first-order valence-corrected chi connectivity index (χ1v) is 15.4. The molecule has 32 heavy (non-hydrogen) atoms. The maximum atomic E-state index is 11.2. The average Bonchev–Trinajstić information content (AvgIpc) is 2.77. The molecule has 0 aliphatic carbocycles. The SMILES string of the molecule is CCCCCCCCCCCCCCCCN.CCCCCCOP(=O)(O)OCCCC. The number of unbranched alkanes of at least 4 members (excludes halogenated alkanes) is 17. The normalized spacial score (nSPS) is 12.9. The topological polar surface area (TPSA) is 81.8 Å². The summed E-state index contributed by atoms with van der Waals surface area (Å²) in [5, 5.41) is 0. The summed E-state index contributed by atoms with van der Waals surface area (Å²) >= 11 is 0. The molecular formula is C26H58NO4P. The Bertz CT molecular complexity index is 369.